The molecule has 0 atom stereocenters. The smallest absolute Gasteiger partial charge is 0.134 e. The van der Waals surface area contributed by atoms with Crippen LogP contribution in [-0.2, 0) is 0 Å². The summed E-state index contributed by atoms with van der Waals surface area (Å²) in [5, 5.41) is 8.65. The Bertz CT molecular complexity index is 44.2. The summed E-state index contributed by atoms with van der Waals surface area (Å²) in [7, 11) is 0. The predicted octanol–water partition coefficient (Wildman–Crippen LogP) is 0.505. The van der Waals surface area contributed by atoms with E-state index in [4.69, 9.17) is 9.90 Å². The van der Waals surface area contributed by atoms with Crippen LogP contribution in [0, 0.1) is 0 Å². The van der Waals surface area contributed by atoms with Crippen molar-refractivity contribution in [3.8, 4) is 0 Å². The second kappa shape index (κ2) is 9.44. The minimum atomic E-state index is -1.61. The van der Waals surface area contributed by atoms with E-state index < -0.39 is 5.43 Å². The Morgan fingerprint density at radius 3 is 2.00 bits per heavy atom. The Morgan fingerprint density at radius 1 is 2.00 bits per heavy atom. The van der Waals surface area contributed by atoms with Gasteiger partial charge in [-0.2, -0.15) is 12.6 Å². The van der Waals surface area contributed by atoms with E-state index in [1.54, 1.807) is 0 Å². The molecule has 0 bridgehead atoms. The Labute approximate surface area is 52.9 Å². The first-order chi connectivity index (χ1) is 3.15. The van der Waals surface area contributed by atoms with Crippen molar-refractivity contribution < 1.29 is 9.90 Å². The number of hydrogen-bond acceptors (Lipinski definition) is 3. The summed E-state index contributed by atoms with van der Waals surface area (Å²) in [6.07, 6.45) is 0. The number of halogens is 1. The topological polar surface area (TPSA) is 40.1 Å². The van der Waals surface area contributed by atoms with Gasteiger partial charge in [-0.15, -0.1) is 0 Å². The monoisotopic (exact) mass is 141 g/mol. The van der Waals surface area contributed by atoms with Gasteiger partial charge in [0.15, 0.2) is 0 Å². The molecule has 2 nitrogen and oxygen atoms in total. The average molecular weight is 142 g/mol. The number of carbonyl (C=O) groups excluding carboxylic acids is 1. The van der Waals surface area contributed by atoms with Gasteiger partial charge in [0.2, 0.25) is 0 Å². The van der Waals surface area contributed by atoms with Crippen LogP contribution in [0.1, 0.15) is 6.92 Å². The van der Waals surface area contributed by atoms with Gasteiger partial charge in [0.05, 0.1) is 0 Å². The Hall–Kier alpha value is 0.110. The van der Waals surface area contributed by atoms with Crippen LogP contribution >= 0.6 is 24.2 Å². The lowest BCUT2D eigenvalue weighted by Gasteiger charge is -1.73. The number of rotatable bonds is 0. The average Bonchev–Trinajstić information content (AvgIpc) is 1.33. The third kappa shape index (κ3) is 8530. The Morgan fingerprint density at radius 2 is 2.00 bits per heavy atom. The largest absolute Gasteiger partial charge is 0.534 e. The van der Waals surface area contributed by atoms with Crippen molar-refractivity contribution in [2.24, 2.45) is 0 Å². The van der Waals surface area contributed by atoms with E-state index in [-0.39, 0.29) is 0 Å². The lowest BCUT2D eigenvalue weighted by atomic mass is 11.0. The molecule has 0 amide bonds. The third-order valence-corrected chi connectivity index (χ3v) is 0. The van der Waals surface area contributed by atoms with Crippen molar-refractivity contribution >= 4 is 29.7 Å². The number of thiol groups is 1. The zero-order chi connectivity index (χ0) is 6.28. The maximum absolute atomic E-state index is 8.65. The van der Waals surface area contributed by atoms with Crippen LogP contribution < -0.4 is 5.11 Å². The van der Waals surface area contributed by atoms with E-state index in [1.165, 1.54) is 0 Å². The van der Waals surface area contributed by atoms with Gasteiger partial charge in [-0.05, 0) is 5.75 Å². The molecule has 7 heavy (non-hydrogen) atoms. The molecule has 0 spiro atoms. The molecule has 0 aromatic heterocycles. The molecular formula is C3H6ClO2S-. The maximum Gasteiger partial charge on any atom is 0.134 e. The molecule has 0 rings (SSSR count). The van der Waals surface area contributed by atoms with Gasteiger partial charge in [0.25, 0.3) is 0 Å². The molecule has 0 aliphatic rings. The molecule has 0 aromatic rings. The van der Waals surface area contributed by atoms with Crippen molar-refractivity contribution in [1.82, 2.24) is 0 Å². The fraction of sp³-hybridized carbons (Fsp3) is 0.667. The minimum Gasteiger partial charge on any atom is -0.534 e. The van der Waals surface area contributed by atoms with Crippen LogP contribution in [0.15, 0.2) is 0 Å². The first kappa shape index (κ1) is 10.2. The highest BCUT2D eigenvalue weighted by molar-refractivity contribution is 7.80. The fourth-order valence-electron chi connectivity index (χ4n) is 0. The molecular weight excluding hydrogens is 136 g/mol. The Balaban J connectivity index is 0. The minimum absolute atomic E-state index is 0.944. The summed E-state index contributed by atoms with van der Waals surface area (Å²) in [6.45, 7) is 1.99. The summed E-state index contributed by atoms with van der Waals surface area (Å²) in [6, 6.07) is 0. The summed E-state index contributed by atoms with van der Waals surface area (Å²) < 4.78 is 0. The second-order valence-corrected chi connectivity index (χ2v) is 1.49. The molecule has 0 radical (unpaired) electrons. The van der Waals surface area contributed by atoms with E-state index in [0.29, 0.717) is 0 Å². The fourth-order valence-corrected chi connectivity index (χ4v) is 0. The van der Waals surface area contributed by atoms with Gasteiger partial charge in [0.1, 0.15) is 5.43 Å². The third-order valence-electron chi connectivity index (χ3n) is 0. The van der Waals surface area contributed by atoms with E-state index in [1.807, 2.05) is 6.92 Å². The lowest BCUT2D eigenvalue weighted by molar-refractivity contribution is -0.233. The summed E-state index contributed by atoms with van der Waals surface area (Å²) in [5.74, 6) is 0.944. The van der Waals surface area contributed by atoms with Crippen molar-refractivity contribution in [3.63, 3.8) is 0 Å². The standard InChI is InChI=1S/C2H6S.CHClO2/c1-2-3;2-1(3)4/h3H,2H2,1H3;(H,3,4)/p-1. The number of hydrogen-bond donors (Lipinski definition) is 1. The van der Waals surface area contributed by atoms with Crippen LogP contribution in [0.3, 0.4) is 0 Å². The van der Waals surface area contributed by atoms with E-state index in [0.717, 1.165) is 5.75 Å². The van der Waals surface area contributed by atoms with Crippen molar-refractivity contribution in [3.05, 3.63) is 0 Å². The highest BCUT2D eigenvalue weighted by atomic mass is 35.5. The van der Waals surface area contributed by atoms with Crippen molar-refractivity contribution in [2.45, 2.75) is 6.92 Å². The molecule has 0 saturated carbocycles. The van der Waals surface area contributed by atoms with E-state index >= 15 is 0 Å². The normalized spacial score (nSPS) is 6.14. The van der Waals surface area contributed by atoms with E-state index in [9.17, 15) is 0 Å². The maximum atomic E-state index is 8.65. The Kier molecular flexibility index (Phi) is 13.7. The van der Waals surface area contributed by atoms with Crippen molar-refractivity contribution in [2.75, 3.05) is 5.75 Å². The summed E-state index contributed by atoms with van der Waals surface area (Å²) >= 11 is 7.87. The molecule has 4 heteroatoms. The highest BCUT2D eigenvalue weighted by Crippen LogP contribution is 1.60. The van der Waals surface area contributed by atoms with Gasteiger partial charge in [-0.1, -0.05) is 18.5 Å². The second-order valence-electron chi connectivity index (χ2n) is 0.554. The zero-order valence-corrected chi connectivity index (χ0v) is 5.50. The van der Waals surface area contributed by atoms with E-state index in [2.05, 4.69) is 24.2 Å². The van der Waals surface area contributed by atoms with Gasteiger partial charge in [-0.25, -0.2) is 0 Å². The predicted molar refractivity (Wildman–Crippen MR) is 30.8 cm³/mol. The molecule has 0 unspecified atom stereocenters. The number of carboxylic acid groups (broad SMARTS) is 1. The van der Waals surface area contributed by atoms with Gasteiger partial charge >= 0.3 is 0 Å². The first-order valence-corrected chi connectivity index (χ1v) is 2.63. The zero-order valence-electron chi connectivity index (χ0n) is 3.85. The molecule has 0 fully saturated rings. The lowest BCUT2D eigenvalue weighted by Crippen LogP contribution is -2.11. The van der Waals surface area contributed by atoms with Crippen LogP contribution in [0.4, 0.5) is 4.79 Å². The van der Waals surface area contributed by atoms with Crippen LogP contribution in [0.2, 0.25) is 0 Å². The van der Waals surface area contributed by atoms with Gasteiger partial charge in [-0.3, -0.25) is 0 Å². The van der Waals surface area contributed by atoms with Crippen LogP contribution in [0.5, 0.6) is 0 Å². The molecule has 0 N–H and O–H groups in total. The van der Waals surface area contributed by atoms with Gasteiger partial charge in [0, 0.05) is 0 Å². The van der Waals surface area contributed by atoms with Gasteiger partial charge < -0.3 is 9.90 Å². The first-order valence-electron chi connectivity index (χ1n) is 1.62. The molecule has 0 saturated heterocycles. The van der Waals surface area contributed by atoms with Crippen molar-refractivity contribution in [1.29, 1.82) is 0 Å². The highest BCUT2D eigenvalue weighted by Gasteiger charge is 1.51. The summed E-state index contributed by atoms with van der Waals surface area (Å²) in [5.41, 5.74) is -1.61. The molecule has 0 aromatic carbocycles. The quantitative estimate of drug-likeness (QED) is 0.394. The summed E-state index contributed by atoms with van der Waals surface area (Å²) in [4.78, 5) is 8.65. The molecule has 0 heterocycles. The van der Waals surface area contributed by atoms with Crippen LogP contribution in [0.25, 0.3) is 0 Å². The molecule has 0 aliphatic carbocycles. The molecule has 44 valence electrons. The SMILES string of the molecule is CCS.O=C([O-])Cl. The molecule has 0 aliphatic heterocycles. The number of carbonyl (C=O) groups is 1. The van der Waals surface area contributed by atoms with Crippen LogP contribution in [-0.4, -0.2) is 11.2 Å².